The molecule has 0 atom stereocenters. The van der Waals surface area contributed by atoms with Gasteiger partial charge in [-0.3, -0.25) is 14.9 Å². The van der Waals surface area contributed by atoms with Gasteiger partial charge in [0.2, 0.25) is 0 Å². The number of nitrogens with zero attached hydrogens (tertiary/aromatic N) is 2. The van der Waals surface area contributed by atoms with Crippen LogP contribution in [0.3, 0.4) is 0 Å². The summed E-state index contributed by atoms with van der Waals surface area (Å²) in [7, 11) is 1.49. The molecule has 1 aromatic rings. The smallest absolute Gasteiger partial charge is 0.286 e. The third-order valence-corrected chi connectivity index (χ3v) is 1.56. The number of aryl methyl sites for hydroxylation is 2. The fraction of sp³-hybridized carbons (Fsp3) is 0.444. The van der Waals surface area contributed by atoms with Gasteiger partial charge in [-0.25, -0.2) is 0 Å². The number of hydrogen-bond donors (Lipinski definition) is 0. The second kappa shape index (κ2) is 5.16. The Morgan fingerprint density at radius 1 is 1.43 bits per heavy atom. The Morgan fingerprint density at radius 3 is 2.29 bits per heavy atom. The largest absolute Gasteiger partial charge is 0.312 e. The number of hydrogen-bond acceptors (Lipinski definition) is 3. The Labute approximate surface area is 82.1 Å². The molecule has 1 rings (SSSR count). The molecule has 0 amide bonds. The normalized spacial score (nSPS) is 8.86. The van der Waals surface area contributed by atoms with Crippen LogP contribution < -0.4 is 5.56 Å². The second-order valence-electron chi connectivity index (χ2n) is 2.55. The van der Waals surface area contributed by atoms with Crippen molar-refractivity contribution in [2.24, 2.45) is 7.05 Å². The Hall–Kier alpha value is -1.65. The van der Waals surface area contributed by atoms with Crippen molar-refractivity contribution in [1.29, 1.82) is 0 Å². The highest BCUT2D eigenvalue weighted by Gasteiger charge is 2.08. The van der Waals surface area contributed by atoms with Gasteiger partial charge in [-0.15, -0.1) is 0 Å². The average molecular weight is 198 g/mol. The Morgan fingerprint density at radius 2 is 1.93 bits per heavy atom. The predicted octanol–water partition coefficient (Wildman–Crippen LogP) is 1.63. The molecular weight excluding hydrogens is 184 g/mol. The van der Waals surface area contributed by atoms with Gasteiger partial charge in [0.05, 0.1) is 11.1 Å². The highest BCUT2D eigenvalue weighted by molar-refractivity contribution is 5.29. The Bertz CT molecular complexity index is 356. The van der Waals surface area contributed by atoms with Crippen molar-refractivity contribution in [3.63, 3.8) is 0 Å². The number of pyridine rings is 1. The van der Waals surface area contributed by atoms with Crippen molar-refractivity contribution in [3.05, 3.63) is 38.3 Å². The van der Waals surface area contributed by atoms with Gasteiger partial charge >= 0.3 is 0 Å². The minimum Gasteiger partial charge on any atom is -0.312 e. The minimum atomic E-state index is -0.521. The lowest BCUT2D eigenvalue weighted by molar-refractivity contribution is -0.385. The molecule has 1 heterocycles. The van der Waals surface area contributed by atoms with Crippen LogP contribution in [0.1, 0.15) is 19.4 Å². The standard InChI is InChI=1S/C7H8N2O3.C2H6/c1-5-3-6(9(11)12)4-8(2)7(5)10;1-2/h3-4H,1-2H3;1-2H3. The molecule has 0 aliphatic heterocycles. The van der Waals surface area contributed by atoms with E-state index in [1.54, 1.807) is 6.92 Å². The van der Waals surface area contributed by atoms with Crippen LogP contribution >= 0.6 is 0 Å². The number of aromatic nitrogens is 1. The maximum Gasteiger partial charge on any atom is 0.286 e. The van der Waals surface area contributed by atoms with Crippen molar-refractivity contribution in [3.8, 4) is 0 Å². The maximum absolute atomic E-state index is 11.1. The fourth-order valence-corrected chi connectivity index (χ4v) is 0.956. The predicted molar refractivity (Wildman–Crippen MR) is 54.4 cm³/mol. The average Bonchev–Trinajstić information content (AvgIpc) is 2.16. The maximum atomic E-state index is 11.1. The summed E-state index contributed by atoms with van der Waals surface area (Å²) in [5.74, 6) is 0. The van der Waals surface area contributed by atoms with Gasteiger partial charge in [0.15, 0.2) is 0 Å². The van der Waals surface area contributed by atoms with Gasteiger partial charge in [-0.2, -0.15) is 0 Å². The van der Waals surface area contributed by atoms with Crippen molar-refractivity contribution in [1.82, 2.24) is 4.57 Å². The fourth-order valence-electron chi connectivity index (χ4n) is 0.956. The van der Waals surface area contributed by atoms with Gasteiger partial charge in [0.25, 0.3) is 11.2 Å². The lowest BCUT2D eigenvalue weighted by atomic mass is 10.3. The van der Waals surface area contributed by atoms with Crippen LogP contribution in [0.5, 0.6) is 0 Å². The summed E-state index contributed by atoms with van der Waals surface area (Å²) in [6.45, 7) is 5.55. The molecule has 5 nitrogen and oxygen atoms in total. The van der Waals surface area contributed by atoms with Crippen molar-refractivity contribution in [2.45, 2.75) is 20.8 Å². The summed E-state index contributed by atoms with van der Waals surface area (Å²) < 4.78 is 1.20. The van der Waals surface area contributed by atoms with Crippen LogP contribution in [0.15, 0.2) is 17.1 Å². The van der Waals surface area contributed by atoms with Crippen LogP contribution in [-0.2, 0) is 7.05 Å². The zero-order chi connectivity index (χ0) is 11.3. The molecular formula is C9H14N2O3. The lowest BCUT2D eigenvalue weighted by Gasteiger charge is -1.98. The van der Waals surface area contributed by atoms with E-state index in [4.69, 9.17) is 0 Å². The van der Waals surface area contributed by atoms with Crippen molar-refractivity contribution in [2.75, 3.05) is 0 Å². The summed E-state index contributed by atoms with van der Waals surface area (Å²) in [4.78, 5) is 20.9. The summed E-state index contributed by atoms with van der Waals surface area (Å²) in [6, 6.07) is 1.27. The van der Waals surface area contributed by atoms with Crippen LogP contribution in [-0.4, -0.2) is 9.49 Å². The third kappa shape index (κ3) is 2.69. The number of nitro groups is 1. The molecule has 0 aromatic carbocycles. The first kappa shape index (κ1) is 12.3. The molecule has 78 valence electrons. The summed E-state index contributed by atoms with van der Waals surface area (Å²) in [6.07, 6.45) is 1.20. The van der Waals surface area contributed by atoms with E-state index in [1.165, 1.54) is 23.9 Å². The van der Waals surface area contributed by atoms with E-state index in [0.29, 0.717) is 5.56 Å². The van der Waals surface area contributed by atoms with E-state index in [9.17, 15) is 14.9 Å². The van der Waals surface area contributed by atoms with Crippen LogP contribution in [0, 0.1) is 17.0 Å². The molecule has 0 radical (unpaired) electrons. The highest BCUT2D eigenvalue weighted by atomic mass is 16.6. The Balaban J connectivity index is 0.000000791. The van der Waals surface area contributed by atoms with Crippen LogP contribution in [0.2, 0.25) is 0 Å². The molecule has 0 saturated heterocycles. The van der Waals surface area contributed by atoms with Gasteiger partial charge in [0, 0.05) is 18.7 Å². The molecule has 0 N–H and O–H groups in total. The molecule has 14 heavy (non-hydrogen) atoms. The first-order valence-electron chi connectivity index (χ1n) is 4.34. The van der Waals surface area contributed by atoms with E-state index < -0.39 is 4.92 Å². The molecule has 1 aromatic heterocycles. The van der Waals surface area contributed by atoms with Gasteiger partial charge < -0.3 is 4.57 Å². The molecule has 0 aliphatic carbocycles. The molecule has 0 unspecified atom stereocenters. The monoisotopic (exact) mass is 198 g/mol. The summed E-state index contributed by atoms with van der Waals surface area (Å²) in [5, 5.41) is 10.3. The molecule has 0 bridgehead atoms. The summed E-state index contributed by atoms with van der Waals surface area (Å²) >= 11 is 0. The lowest BCUT2D eigenvalue weighted by Crippen LogP contribution is -2.18. The van der Waals surface area contributed by atoms with E-state index in [-0.39, 0.29) is 11.2 Å². The van der Waals surface area contributed by atoms with Crippen LogP contribution in [0.4, 0.5) is 5.69 Å². The quantitative estimate of drug-likeness (QED) is 0.508. The van der Waals surface area contributed by atoms with Gasteiger partial charge in [0.1, 0.15) is 0 Å². The molecule has 0 fully saturated rings. The van der Waals surface area contributed by atoms with E-state index in [0.717, 1.165) is 0 Å². The van der Waals surface area contributed by atoms with E-state index in [1.807, 2.05) is 13.8 Å². The molecule has 0 spiro atoms. The molecule has 0 saturated carbocycles. The Kier molecular flexibility index (Phi) is 4.55. The summed E-state index contributed by atoms with van der Waals surface area (Å²) in [5.41, 5.74) is 0.113. The second-order valence-corrected chi connectivity index (χ2v) is 2.55. The molecule has 0 aliphatic rings. The third-order valence-electron chi connectivity index (χ3n) is 1.56. The van der Waals surface area contributed by atoms with Crippen molar-refractivity contribution >= 4 is 5.69 Å². The zero-order valence-electron chi connectivity index (χ0n) is 8.77. The minimum absolute atomic E-state index is 0.0606. The highest BCUT2D eigenvalue weighted by Crippen LogP contribution is 2.08. The molecule has 5 heteroatoms. The SMILES string of the molecule is CC.Cc1cc([N+](=O)[O-])cn(C)c1=O. The first-order chi connectivity index (χ1) is 6.52. The zero-order valence-corrected chi connectivity index (χ0v) is 8.77. The van der Waals surface area contributed by atoms with E-state index >= 15 is 0 Å². The topological polar surface area (TPSA) is 65.1 Å². The van der Waals surface area contributed by atoms with Gasteiger partial charge in [-0.1, -0.05) is 13.8 Å². The van der Waals surface area contributed by atoms with Crippen LogP contribution in [0.25, 0.3) is 0 Å². The van der Waals surface area contributed by atoms with E-state index in [2.05, 4.69) is 0 Å². The van der Waals surface area contributed by atoms with Gasteiger partial charge in [-0.05, 0) is 6.92 Å². The first-order valence-corrected chi connectivity index (χ1v) is 4.34. The number of rotatable bonds is 1. The van der Waals surface area contributed by atoms with Crippen molar-refractivity contribution < 1.29 is 4.92 Å².